The number of halogens is 3. The third-order valence-electron chi connectivity index (χ3n) is 3.22. The number of aliphatic imine (C=N–C) groups is 1. The van der Waals surface area contributed by atoms with Crippen LogP contribution in [-0.4, -0.2) is 18.9 Å². The van der Waals surface area contributed by atoms with Gasteiger partial charge in [0, 0.05) is 23.7 Å². The van der Waals surface area contributed by atoms with Crippen molar-refractivity contribution in [3.05, 3.63) is 57.8 Å². The average Bonchev–Trinajstić information content (AvgIpc) is 2.52. The monoisotopic (exact) mass is 338 g/mol. The van der Waals surface area contributed by atoms with Crippen LogP contribution < -0.4 is 10.1 Å². The van der Waals surface area contributed by atoms with Gasteiger partial charge in [-0.2, -0.15) is 0 Å². The molecule has 0 unspecified atom stereocenters. The van der Waals surface area contributed by atoms with E-state index in [0.717, 1.165) is 19.5 Å². The van der Waals surface area contributed by atoms with Crippen LogP contribution in [-0.2, 0) is 0 Å². The number of hydrogen-bond acceptors (Lipinski definition) is 3. The summed E-state index contributed by atoms with van der Waals surface area (Å²) in [5.74, 6) is 0.690. The van der Waals surface area contributed by atoms with E-state index in [2.05, 4.69) is 10.3 Å². The summed E-state index contributed by atoms with van der Waals surface area (Å²) in [5.41, 5.74) is 0.701. The Kier molecular flexibility index (Phi) is 4.50. The second-order valence-electron chi connectivity index (χ2n) is 4.83. The zero-order valence-electron chi connectivity index (χ0n) is 11.6. The fourth-order valence-corrected chi connectivity index (χ4v) is 2.58. The van der Waals surface area contributed by atoms with E-state index in [1.54, 1.807) is 30.3 Å². The standard InChI is InChI=1S/C16H13Cl2FN2O/c17-11-3-5-14(12(18)9-11)22-15-4-2-10(8-13(15)19)16-20-6-1-7-21-16/h2-5,8-9H,1,6-7H2,(H,20,21). The number of ether oxygens (including phenoxy) is 1. The molecule has 2 aromatic rings. The Morgan fingerprint density at radius 3 is 2.59 bits per heavy atom. The molecule has 22 heavy (non-hydrogen) atoms. The summed E-state index contributed by atoms with van der Waals surface area (Å²) in [5, 5.41) is 3.98. The molecule has 1 aliphatic rings. The zero-order valence-corrected chi connectivity index (χ0v) is 13.1. The smallest absolute Gasteiger partial charge is 0.166 e. The molecule has 114 valence electrons. The van der Waals surface area contributed by atoms with Crippen molar-refractivity contribution in [3.63, 3.8) is 0 Å². The topological polar surface area (TPSA) is 33.6 Å². The van der Waals surface area contributed by atoms with Crippen LogP contribution in [0.4, 0.5) is 4.39 Å². The lowest BCUT2D eigenvalue weighted by molar-refractivity contribution is 0.442. The number of amidine groups is 1. The maximum absolute atomic E-state index is 14.2. The van der Waals surface area contributed by atoms with Crippen LogP contribution in [0.1, 0.15) is 12.0 Å². The van der Waals surface area contributed by atoms with Gasteiger partial charge in [0.1, 0.15) is 11.6 Å². The normalized spacial score (nSPS) is 14.2. The Hall–Kier alpha value is -1.78. The van der Waals surface area contributed by atoms with Gasteiger partial charge in [0.2, 0.25) is 0 Å². The molecule has 0 atom stereocenters. The molecular weight excluding hydrogens is 326 g/mol. The Labute approximate surface area is 137 Å². The summed E-state index contributed by atoms with van der Waals surface area (Å²) >= 11 is 11.8. The SMILES string of the molecule is Fc1cc(C2=NCCCN2)ccc1Oc1ccc(Cl)cc1Cl. The molecule has 0 aromatic heterocycles. The fraction of sp³-hybridized carbons (Fsp3) is 0.188. The molecule has 2 aromatic carbocycles. The van der Waals surface area contributed by atoms with Crippen LogP contribution in [0.2, 0.25) is 10.0 Å². The van der Waals surface area contributed by atoms with Crippen LogP contribution in [0.3, 0.4) is 0 Å². The number of benzene rings is 2. The second kappa shape index (κ2) is 6.55. The quantitative estimate of drug-likeness (QED) is 0.882. The van der Waals surface area contributed by atoms with Gasteiger partial charge in [-0.3, -0.25) is 4.99 Å². The molecule has 1 aliphatic heterocycles. The molecule has 6 heteroatoms. The van der Waals surface area contributed by atoms with Crippen molar-refractivity contribution in [3.8, 4) is 11.5 Å². The van der Waals surface area contributed by atoms with Crippen molar-refractivity contribution in [1.29, 1.82) is 0 Å². The van der Waals surface area contributed by atoms with Crippen molar-refractivity contribution in [2.45, 2.75) is 6.42 Å². The maximum Gasteiger partial charge on any atom is 0.166 e. The number of hydrogen-bond donors (Lipinski definition) is 1. The Balaban J connectivity index is 1.84. The zero-order chi connectivity index (χ0) is 15.5. The second-order valence-corrected chi connectivity index (χ2v) is 5.68. The largest absolute Gasteiger partial charge is 0.453 e. The van der Waals surface area contributed by atoms with Gasteiger partial charge in [-0.25, -0.2) is 4.39 Å². The van der Waals surface area contributed by atoms with Gasteiger partial charge in [-0.15, -0.1) is 0 Å². The summed E-state index contributed by atoms with van der Waals surface area (Å²) in [7, 11) is 0. The van der Waals surface area contributed by atoms with Gasteiger partial charge >= 0.3 is 0 Å². The molecule has 1 N–H and O–H groups in total. The maximum atomic E-state index is 14.2. The van der Waals surface area contributed by atoms with Crippen molar-refractivity contribution >= 4 is 29.0 Å². The van der Waals surface area contributed by atoms with Gasteiger partial charge in [0.25, 0.3) is 0 Å². The van der Waals surface area contributed by atoms with E-state index >= 15 is 0 Å². The first-order valence-electron chi connectivity index (χ1n) is 6.84. The molecule has 0 radical (unpaired) electrons. The molecule has 0 saturated heterocycles. The van der Waals surface area contributed by atoms with E-state index in [1.807, 2.05) is 0 Å². The first-order chi connectivity index (χ1) is 10.6. The van der Waals surface area contributed by atoms with E-state index in [4.69, 9.17) is 27.9 Å². The van der Waals surface area contributed by atoms with Gasteiger partial charge in [0.05, 0.1) is 5.02 Å². The van der Waals surface area contributed by atoms with Crippen molar-refractivity contribution in [2.24, 2.45) is 4.99 Å². The lowest BCUT2D eigenvalue weighted by Gasteiger charge is -2.15. The highest BCUT2D eigenvalue weighted by Gasteiger charge is 2.12. The molecule has 0 amide bonds. The number of rotatable bonds is 3. The van der Waals surface area contributed by atoms with Gasteiger partial charge in [-0.1, -0.05) is 23.2 Å². The molecule has 0 aliphatic carbocycles. The highest BCUT2D eigenvalue weighted by Crippen LogP contribution is 2.32. The molecular formula is C16H13Cl2FN2O. The molecule has 3 rings (SSSR count). The highest BCUT2D eigenvalue weighted by molar-refractivity contribution is 6.35. The highest BCUT2D eigenvalue weighted by atomic mass is 35.5. The van der Waals surface area contributed by atoms with Crippen LogP contribution in [0.25, 0.3) is 0 Å². The fourth-order valence-electron chi connectivity index (χ4n) is 2.13. The van der Waals surface area contributed by atoms with E-state index in [9.17, 15) is 4.39 Å². The predicted octanol–water partition coefficient (Wildman–Crippen LogP) is 4.66. The van der Waals surface area contributed by atoms with Crippen LogP contribution in [0.5, 0.6) is 11.5 Å². The number of nitrogens with zero attached hydrogens (tertiary/aromatic N) is 1. The summed E-state index contributed by atoms with van der Waals surface area (Å²) in [6.07, 6.45) is 0.988. The third kappa shape index (κ3) is 3.34. The van der Waals surface area contributed by atoms with Crippen molar-refractivity contribution in [1.82, 2.24) is 5.32 Å². The Bertz CT molecular complexity index is 734. The molecule has 1 heterocycles. The van der Waals surface area contributed by atoms with Gasteiger partial charge in [0.15, 0.2) is 11.6 Å². The van der Waals surface area contributed by atoms with Crippen LogP contribution >= 0.6 is 23.2 Å². The predicted molar refractivity (Wildman–Crippen MR) is 87.0 cm³/mol. The van der Waals surface area contributed by atoms with Gasteiger partial charge < -0.3 is 10.1 Å². The third-order valence-corrected chi connectivity index (χ3v) is 3.75. The van der Waals surface area contributed by atoms with Crippen LogP contribution in [0, 0.1) is 5.82 Å². The Morgan fingerprint density at radius 2 is 1.91 bits per heavy atom. The minimum Gasteiger partial charge on any atom is -0.453 e. The molecule has 0 fully saturated rings. The summed E-state index contributed by atoms with van der Waals surface area (Å²) < 4.78 is 19.7. The molecule has 3 nitrogen and oxygen atoms in total. The minimum atomic E-state index is -0.474. The summed E-state index contributed by atoms with van der Waals surface area (Å²) in [6.45, 7) is 1.60. The average molecular weight is 339 g/mol. The Morgan fingerprint density at radius 1 is 1.09 bits per heavy atom. The molecule has 0 saturated carbocycles. The van der Waals surface area contributed by atoms with Gasteiger partial charge in [-0.05, 0) is 42.8 Å². The van der Waals surface area contributed by atoms with Crippen molar-refractivity contribution < 1.29 is 9.13 Å². The minimum absolute atomic E-state index is 0.101. The van der Waals surface area contributed by atoms with E-state index in [0.29, 0.717) is 27.2 Å². The first-order valence-corrected chi connectivity index (χ1v) is 7.60. The lowest BCUT2D eigenvalue weighted by atomic mass is 10.1. The lowest BCUT2D eigenvalue weighted by Crippen LogP contribution is -2.30. The summed E-state index contributed by atoms with van der Waals surface area (Å²) in [4.78, 5) is 4.34. The molecule has 0 spiro atoms. The van der Waals surface area contributed by atoms with E-state index in [-0.39, 0.29) is 5.75 Å². The summed E-state index contributed by atoms with van der Waals surface area (Å²) in [6, 6.07) is 9.51. The molecule has 0 bridgehead atoms. The van der Waals surface area contributed by atoms with Crippen molar-refractivity contribution in [2.75, 3.05) is 13.1 Å². The van der Waals surface area contributed by atoms with E-state index < -0.39 is 5.82 Å². The first kappa shape index (κ1) is 15.1. The van der Waals surface area contributed by atoms with E-state index in [1.165, 1.54) is 6.07 Å². The number of nitrogens with one attached hydrogen (secondary N) is 1. The van der Waals surface area contributed by atoms with Crippen LogP contribution in [0.15, 0.2) is 41.4 Å².